The summed E-state index contributed by atoms with van der Waals surface area (Å²) in [5.41, 5.74) is 1.06. The van der Waals surface area contributed by atoms with Crippen LogP contribution >= 0.6 is 11.3 Å². The highest BCUT2D eigenvalue weighted by atomic mass is 32.1. The number of rotatable bonds is 8. The Kier molecular flexibility index (Phi) is 8.99. The Bertz CT molecular complexity index is 581. The van der Waals surface area contributed by atoms with Gasteiger partial charge < -0.3 is 19.9 Å². The minimum absolute atomic E-state index is 0.0479. The standard InChI is InChI=1S/C20H37N5OS/c1-15-10-16(2)12-25(11-15)9-7-8-22-20(21-4)24(5)13-18-14-27-19(23-18)17(3)26-6/h14-17H,7-13H2,1-6H3,(H,21,22). The zero-order valence-corrected chi connectivity index (χ0v) is 18.7. The van der Waals surface area contributed by atoms with Crippen LogP contribution in [0.25, 0.3) is 0 Å². The molecule has 2 rings (SSSR count). The number of nitrogens with one attached hydrogen (secondary N) is 1. The second kappa shape index (κ2) is 11.0. The summed E-state index contributed by atoms with van der Waals surface area (Å²) in [6, 6.07) is 0. The first kappa shape index (κ1) is 22.1. The van der Waals surface area contributed by atoms with Crippen LogP contribution in [0.1, 0.15) is 50.4 Å². The van der Waals surface area contributed by atoms with E-state index < -0.39 is 0 Å². The van der Waals surface area contributed by atoms with Crippen LogP contribution in [0, 0.1) is 11.8 Å². The van der Waals surface area contributed by atoms with E-state index in [1.165, 1.54) is 19.5 Å². The molecule has 3 atom stereocenters. The van der Waals surface area contributed by atoms with Gasteiger partial charge in [0.1, 0.15) is 11.1 Å². The van der Waals surface area contributed by atoms with E-state index in [1.54, 1.807) is 18.4 Å². The lowest BCUT2D eigenvalue weighted by Crippen LogP contribution is -2.42. The van der Waals surface area contributed by atoms with Crippen LogP contribution in [0.3, 0.4) is 0 Å². The predicted molar refractivity (Wildman–Crippen MR) is 114 cm³/mol. The highest BCUT2D eigenvalue weighted by molar-refractivity contribution is 7.09. The number of guanidine groups is 1. The fraction of sp³-hybridized carbons (Fsp3) is 0.800. The molecule has 2 heterocycles. The summed E-state index contributed by atoms with van der Waals surface area (Å²) in [7, 11) is 5.61. The highest BCUT2D eigenvalue weighted by Gasteiger charge is 2.21. The third-order valence-corrected chi connectivity index (χ3v) is 6.18. The molecule has 0 radical (unpaired) electrons. The van der Waals surface area contributed by atoms with Gasteiger partial charge in [0, 0.05) is 46.2 Å². The number of aliphatic imine (C=N–C) groups is 1. The Morgan fingerprint density at radius 2 is 2.15 bits per heavy atom. The van der Waals surface area contributed by atoms with Gasteiger partial charge in [0.15, 0.2) is 5.96 Å². The third-order valence-electron chi connectivity index (χ3n) is 5.12. The zero-order valence-electron chi connectivity index (χ0n) is 17.9. The van der Waals surface area contributed by atoms with Gasteiger partial charge in [0.05, 0.1) is 12.2 Å². The van der Waals surface area contributed by atoms with E-state index in [4.69, 9.17) is 4.74 Å². The average Bonchev–Trinajstić information content (AvgIpc) is 3.08. The summed E-state index contributed by atoms with van der Waals surface area (Å²) in [6.45, 7) is 12.1. The molecule has 0 aromatic carbocycles. The quantitative estimate of drug-likeness (QED) is 0.416. The summed E-state index contributed by atoms with van der Waals surface area (Å²) in [5, 5.41) is 6.62. The highest BCUT2D eigenvalue weighted by Crippen LogP contribution is 2.21. The first-order valence-corrected chi connectivity index (χ1v) is 10.9. The van der Waals surface area contributed by atoms with Crippen molar-refractivity contribution in [1.82, 2.24) is 20.1 Å². The molecule has 0 amide bonds. The van der Waals surface area contributed by atoms with Crippen molar-refractivity contribution in [3.8, 4) is 0 Å². The Hall–Kier alpha value is -1.18. The van der Waals surface area contributed by atoms with Gasteiger partial charge in [0.2, 0.25) is 0 Å². The minimum Gasteiger partial charge on any atom is -0.375 e. The lowest BCUT2D eigenvalue weighted by molar-refractivity contribution is 0.119. The van der Waals surface area contributed by atoms with E-state index in [1.807, 2.05) is 14.0 Å². The number of thiazole rings is 1. The van der Waals surface area contributed by atoms with Gasteiger partial charge in [-0.2, -0.15) is 0 Å². The number of likely N-dealkylation sites (tertiary alicyclic amines) is 1. The van der Waals surface area contributed by atoms with Crippen LogP contribution in [0.15, 0.2) is 10.4 Å². The van der Waals surface area contributed by atoms with Gasteiger partial charge in [-0.3, -0.25) is 4.99 Å². The van der Waals surface area contributed by atoms with Crippen LogP contribution in [-0.4, -0.2) is 68.1 Å². The second-order valence-electron chi connectivity index (χ2n) is 7.94. The van der Waals surface area contributed by atoms with Gasteiger partial charge in [-0.15, -0.1) is 11.3 Å². The van der Waals surface area contributed by atoms with Crippen LogP contribution in [0.4, 0.5) is 0 Å². The van der Waals surface area contributed by atoms with Crippen LogP contribution in [0.2, 0.25) is 0 Å². The predicted octanol–water partition coefficient (Wildman–Crippen LogP) is 3.23. The summed E-state index contributed by atoms with van der Waals surface area (Å²) in [5.74, 6) is 2.57. The molecule has 1 aliphatic heterocycles. The van der Waals surface area contributed by atoms with Crippen molar-refractivity contribution in [2.75, 3.05) is 47.4 Å². The fourth-order valence-electron chi connectivity index (χ4n) is 3.86. The fourth-order valence-corrected chi connectivity index (χ4v) is 4.70. The Labute approximate surface area is 169 Å². The van der Waals surface area contributed by atoms with Crippen molar-refractivity contribution in [3.63, 3.8) is 0 Å². The Morgan fingerprint density at radius 3 is 2.78 bits per heavy atom. The summed E-state index contributed by atoms with van der Waals surface area (Å²) in [4.78, 5) is 13.8. The molecule has 1 aliphatic rings. The van der Waals surface area contributed by atoms with Crippen molar-refractivity contribution in [2.24, 2.45) is 16.8 Å². The van der Waals surface area contributed by atoms with Gasteiger partial charge in [-0.25, -0.2) is 4.98 Å². The Balaban J connectivity index is 1.73. The summed E-state index contributed by atoms with van der Waals surface area (Å²) in [6.07, 6.45) is 2.55. The van der Waals surface area contributed by atoms with Crippen molar-refractivity contribution in [3.05, 3.63) is 16.1 Å². The maximum Gasteiger partial charge on any atom is 0.193 e. The van der Waals surface area contributed by atoms with E-state index in [0.29, 0.717) is 0 Å². The monoisotopic (exact) mass is 395 g/mol. The minimum atomic E-state index is 0.0479. The Morgan fingerprint density at radius 1 is 1.44 bits per heavy atom. The number of ether oxygens (including phenoxy) is 1. The topological polar surface area (TPSA) is 53.0 Å². The lowest BCUT2D eigenvalue weighted by atomic mass is 9.92. The number of piperidine rings is 1. The molecule has 0 aliphatic carbocycles. The molecule has 1 aromatic heterocycles. The molecule has 0 saturated carbocycles. The lowest BCUT2D eigenvalue weighted by Gasteiger charge is -2.35. The summed E-state index contributed by atoms with van der Waals surface area (Å²) >= 11 is 1.65. The van der Waals surface area contributed by atoms with Gasteiger partial charge in [-0.05, 0) is 38.1 Å². The first-order chi connectivity index (χ1) is 12.9. The van der Waals surface area contributed by atoms with Crippen LogP contribution < -0.4 is 5.32 Å². The van der Waals surface area contributed by atoms with E-state index in [2.05, 4.69) is 51.4 Å². The largest absolute Gasteiger partial charge is 0.375 e. The second-order valence-corrected chi connectivity index (χ2v) is 8.83. The first-order valence-electron chi connectivity index (χ1n) is 10.0. The van der Waals surface area contributed by atoms with Gasteiger partial charge in [0.25, 0.3) is 0 Å². The SMILES string of the molecule is CN=C(NCCCN1CC(C)CC(C)C1)N(C)Cc1csc(C(C)OC)n1. The van der Waals surface area contributed by atoms with Crippen LogP contribution in [0.5, 0.6) is 0 Å². The molecule has 1 saturated heterocycles. The maximum atomic E-state index is 5.35. The van der Waals surface area contributed by atoms with E-state index >= 15 is 0 Å². The van der Waals surface area contributed by atoms with Crippen LogP contribution in [-0.2, 0) is 11.3 Å². The number of nitrogens with zero attached hydrogens (tertiary/aromatic N) is 4. The van der Waals surface area contributed by atoms with Gasteiger partial charge in [-0.1, -0.05) is 13.8 Å². The number of aromatic nitrogens is 1. The van der Waals surface area contributed by atoms with Crippen molar-refractivity contribution in [2.45, 2.75) is 46.3 Å². The summed E-state index contributed by atoms with van der Waals surface area (Å²) < 4.78 is 5.35. The molecular formula is C20H37N5OS. The molecule has 0 spiro atoms. The van der Waals surface area contributed by atoms with Crippen molar-refractivity contribution >= 4 is 17.3 Å². The smallest absolute Gasteiger partial charge is 0.193 e. The van der Waals surface area contributed by atoms with Crippen molar-refractivity contribution < 1.29 is 4.74 Å². The van der Waals surface area contributed by atoms with Crippen molar-refractivity contribution in [1.29, 1.82) is 0 Å². The number of hydrogen-bond donors (Lipinski definition) is 1. The number of methoxy groups -OCH3 is 1. The normalized spacial score (nSPS) is 22.7. The number of hydrogen-bond acceptors (Lipinski definition) is 5. The molecule has 0 bridgehead atoms. The molecule has 7 heteroatoms. The average molecular weight is 396 g/mol. The van der Waals surface area contributed by atoms with E-state index in [-0.39, 0.29) is 6.10 Å². The van der Waals surface area contributed by atoms with E-state index in [9.17, 15) is 0 Å². The molecule has 1 N–H and O–H groups in total. The zero-order chi connectivity index (χ0) is 19.8. The molecule has 1 fully saturated rings. The molecular weight excluding hydrogens is 358 g/mol. The third kappa shape index (κ3) is 7.05. The molecule has 3 unspecified atom stereocenters. The molecule has 6 nitrogen and oxygen atoms in total. The molecule has 154 valence electrons. The molecule has 1 aromatic rings. The van der Waals surface area contributed by atoms with E-state index in [0.717, 1.165) is 54.6 Å². The van der Waals surface area contributed by atoms with Gasteiger partial charge >= 0.3 is 0 Å². The maximum absolute atomic E-state index is 5.35. The molecule has 27 heavy (non-hydrogen) atoms.